The maximum absolute atomic E-state index is 13.2. The molecule has 2 saturated heterocycles. The quantitative estimate of drug-likeness (QED) is 0.719. The Balaban J connectivity index is 1.65. The fourth-order valence-electron chi connectivity index (χ4n) is 3.26. The third kappa shape index (κ3) is 4.22. The summed E-state index contributed by atoms with van der Waals surface area (Å²) in [6.07, 6.45) is 1.66. The third-order valence-electron chi connectivity index (χ3n) is 4.58. The zero-order chi connectivity index (χ0) is 18.9. The molecule has 26 heavy (non-hydrogen) atoms. The van der Waals surface area contributed by atoms with Crippen LogP contribution in [0.25, 0.3) is 0 Å². The normalized spacial score (nSPS) is 21.3. The molecule has 0 aliphatic carbocycles. The van der Waals surface area contributed by atoms with E-state index in [1.54, 1.807) is 0 Å². The van der Waals surface area contributed by atoms with Crippen molar-refractivity contribution in [3.05, 3.63) is 35.4 Å². The Morgan fingerprint density at radius 3 is 1.73 bits per heavy atom. The summed E-state index contributed by atoms with van der Waals surface area (Å²) in [4.78, 5) is 0. The van der Waals surface area contributed by atoms with Gasteiger partial charge in [-0.15, -0.1) is 0 Å². The first-order valence-corrected chi connectivity index (χ1v) is 11.4. The van der Waals surface area contributed by atoms with Crippen molar-refractivity contribution in [2.75, 3.05) is 39.3 Å². The summed E-state index contributed by atoms with van der Waals surface area (Å²) in [6.45, 7) is 1.16. The van der Waals surface area contributed by atoms with Crippen LogP contribution in [0.4, 0.5) is 8.78 Å². The van der Waals surface area contributed by atoms with E-state index in [1.165, 1.54) is 12.9 Å². The van der Waals surface area contributed by atoms with E-state index < -0.39 is 37.6 Å². The number of piperazine rings is 1. The molecule has 0 saturated carbocycles. The maximum atomic E-state index is 13.2. The SMILES string of the molecule is O=S(=O)(Cc1cc(F)cc(F)c1)N1CCN(S(=O)(=O)N2CCCC2)CC1. The van der Waals surface area contributed by atoms with Crippen LogP contribution in [-0.4, -0.2) is 69.0 Å². The minimum Gasteiger partial charge on any atom is -0.212 e. The van der Waals surface area contributed by atoms with E-state index in [0.717, 1.165) is 25.0 Å². The molecule has 7 nitrogen and oxygen atoms in total. The number of rotatable bonds is 5. The lowest BCUT2D eigenvalue weighted by atomic mass is 10.2. The van der Waals surface area contributed by atoms with E-state index >= 15 is 0 Å². The molecule has 0 unspecified atom stereocenters. The van der Waals surface area contributed by atoms with Gasteiger partial charge >= 0.3 is 0 Å². The van der Waals surface area contributed by atoms with Crippen molar-refractivity contribution >= 4 is 20.2 Å². The minimum atomic E-state index is -3.79. The molecule has 0 spiro atoms. The highest BCUT2D eigenvalue weighted by Gasteiger charge is 2.36. The monoisotopic (exact) mass is 409 g/mol. The molecule has 0 bridgehead atoms. The number of hydrogen-bond donors (Lipinski definition) is 0. The summed E-state index contributed by atoms with van der Waals surface area (Å²) in [7, 11) is -7.35. The summed E-state index contributed by atoms with van der Waals surface area (Å²) in [5.74, 6) is -2.20. The van der Waals surface area contributed by atoms with E-state index in [4.69, 9.17) is 0 Å². The molecule has 2 aliphatic heterocycles. The highest BCUT2D eigenvalue weighted by Crippen LogP contribution is 2.20. The molecule has 0 amide bonds. The van der Waals surface area contributed by atoms with Crippen LogP contribution in [0.1, 0.15) is 18.4 Å². The lowest BCUT2D eigenvalue weighted by Gasteiger charge is -2.35. The average Bonchev–Trinajstić information content (AvgIpc) is 3.09. The smallest absolute Gasteiger partial charge is 0.212 e. The van der Waals surface area contributed by atoms with Gasteiger partial charge in [-0.25, -0.2) is 17.2 Å². The van der Waals surface area contributed by atoms with Gasteiger partial charge in [0.05, 0.1) is 5.75 Å². The van der Waals surface area contributed by atoms with E-state index in [-0.39, 0.29) is 31.7 Å². The van der Waals surface area contributed by atoms with Crippen molar-refractivity contribution in [1.82, 2.24) is 12.9 Å². The zero-order valence-electron chi connectivity index (χ0n) is 14.1. The summed E-state index contributed by atoms with van der Waals surface area (Å²) in [5, 5.41) is 0. The topological polar surface area (TPSA) is 78.0 Å². The summed E-state index contributed by atoms with van der Waals surface area (Å²) < 4.78 is 80.4. The molecule has 2 fully saturated rings. The van der Waals surface area contributed by atoms with Gasteiger partial charge in [0, 0.05) is 45.3 Å². The number of hydrogen-bond acceptors (Lipinski definition) is 4. The highest BCUT2D eigenvalue weighted by molar-refractivity contribution is 7.88. The standard InChI is InChI=1S/C15H21F2N3O4S2/c16-14-9-13(10-15(17)11-14)12-25(21,22)18-5-7-20(8-6-18)26(23,24)19-3-1-2-4-19/h9-11H,1-8,12H2. The van der Waals surface area contributed by atoms with Gasteiger partial charge in [0.2, 0.25) is 10.0 Å². The fourth-order valence-corrected chi connectivity index (χ4v) is 6.42. The van der Waals surface area contributed by atoms with Crippen LogP contribution < -0.4 is 0 Å². The van der Waals surface area contributed by atoms with Gasteiger partial charge in [0.15, 0.2) is 0 Å². The van der Waals surface area contributed by atoms with Gasteiger partial charge in [-0.05, 0) is 30.5 Å². The number of nitrogens with zero attached hydrogens (tertiary/aromatic N) is 3. The molecule has 2 aliphatic rings. The van der Waals surface area contributed by atoms with E-state index in [2.05, 4.69) is 0 Å². The van der Waals surface area contributed by atoms with Crippen LogP contribution in [0.3, 0.4) is 0 Å². The molecule has 0 N–H and O–H groups in total. The van der Waals surface area contributed by atoms with Crippen LogP contribution in [0.15, 0.2) is 18.2 Å². The van der Waals surface area contributed by atoms with E-state index in [1.807, 2.05) is 0 Å². The number of sulfonamides is 1. The lowest BCUT2D eigenvalue weighted by Crippen LogP contribution is -2.53. The first kappa shape index (κ1) is 19.6. The predicted molar refractivity (Wildman–Crippen MR) is 91.9 cm³/mol. The van der Waals surface area contributed by atoms with Gasteiger partial charge in [-0.2, -0.15) is 21.3 Å². The van der Waals surface area contributed by atoms with Crippen molar-refractivity contribution in [2.24, 2.45) is 0 Å². The first-order chi connectivity index (χ1) is 12.2. The van der Waals surface area contributed by atoms with E-state index in [9.17, 15) is 25.6 Å². The van der Waals surface area contributed by atoms with Crippen molar-refractivity contribution in [3.63, 3.8) is 0 Å². The van der Waals surface area contributed by atoms with Gasteiger partial charge in [-0.3, -0.25) is 0 Å². The highest BCUT2D eigenvalue weighted by atomic mass is 32.2. The molecule has 146 valence electrons. The Labute approximate surface area is 152 Å². The van der Waals surface area contributed by atoms with Gasteiger partial charge in [0.1, 0.15) is 11.6 Å². The second-order valence-electron chi connectivity index (χ2n) is 6.45. The summed E-state index contributed by atoms with van der Waals surface area (Å²) in [6, 6.07) is 2.64. The third-order valence-corrected chi connectivity index (χ3v) is 8.47. The second-order valence-corrected chi connectivity index (χ2v) is 10.3. The molecule has 1 aromatic carbocycles. The summed E-state index contributed by atoms with van der Waals surface area (Å²) in [5.41, 5.74) is 0.0228. The molecule has 0 radical (unpaired) electrons. The molecular weight excluding hydrogens is 388 g/mol. The van der Waals surface area contributed by atoms with Gasteiger partial charge in [0.25, 0.3) is 10.2 Å². The molecular formula is C15H21F2N3O4S2. The molecule has 1 aromatic rings. The van der Waals surface area contributed by atoms with Crippen LogP contribution in [-0.2, 0) is 26.0 Å². The fraction of sp³-hybridized carbons (Fsp3) is 0.600. The molecule has 3 rings (SSSR count). The summed E-state index contributed by atoms with van der Waals surface area (Å²) >= 11 is 0. The Bertz CT molecular complexity index is 843. The molecule has 11 heteroatoms. The lowest BCUT2D eigenvalue weighted by molar-refractivity contribution is 0.258. The van der Waals surface area contributed by atoms with Crippen LogP contribution in [0.5, 0.6) is 0 Å². The number of halogens is 2. The van der Waals surface area contributed by atoms with E-state index in [0.29, 0.717) is 19.2 Å². The van der Waals surface area contributed by atoms with Crippen molar-refractivity contribution in [3.8, 4) is 0 Å². The van der Waals surface area contributed by atoms with Crippen molar-refractivity contribution in [2.45, 2.75) is 18.6 Å². The Morgan fingerprint density at radius 1 is 0.731 bits per heavy atom. The zero-order valence-corrected chi connectivity index (χ0v) is 15.8. The number of benzene rings is 1. The Morgan fingerprint density at radius 2 is 1.19 bits per heavy atom. The van der Waals surface area contributed by atoms with Crippen LogP contribution in [0, 0.1) is 11.6 Å². The first-order valence-electron chi connectivity index (χ1n) is 8.36. The molecule has 2 heterocycles. The van der Waals surface area contributed by atoms with Crippen LogP contribution in [0.2, 0.25) is 0 Å². The minimum absolute atomic E-state index is 0.0210. The average molecular weight is 409 g/mol. The van der Waals surface area contributed by atoms with Crippen molar-refractivity contribution < 1.29 is 25.6 Å². The maximum Gasteiger partial charge on any atom is 0.282 e. The molecule has 0 atom stereocenters. The largest absolute Gasteiger partial charge is 0.282 e. The second kappa shape index (κ2) is 7.47. The predicted octanol–water partition coefficient (Wildman–Crippen LogP) is 0.753. The molecule has 0 aromatic heterocycles. The van der Waals surface area contributed by atoms with Crippen LogP contribution >= 0.6 is 0 Å². The van der Waals surface area contributed by atoms with Gasteiger partial charge < -0.3 is 0 Å². The Kier molecular flexibility index (Phi) is 5.63. The van der Waals surface area contributed by atoms with Crippen molar-refractivity contribution in [1.29, 1.82) is 0 Å². The van der Waals surface area contributed by atoms with Gasteiger partial charge in [-0.1, -0.05) is 0 Å². The Hall–Kier alpha value is -1.14.